The third-order valence-corrected chi connectivity index (χ3v) is 3.76. The number of anilines is 1. The summed E-state index contributed by atoms with van der Waals surface area (Å²) in [6.07, 6.45) is 0. The average molecular weight is 304 g/mol. The first kappa shape index (κ1) is 13.4. The van der Waals surface area contributed by atoms with E-state index in [0.717, 1.165) is 0 Å². The zero-order valence-corrected chi connectivity index (χ0v) is 11.4. The Balaban J connectivity index is 2.59. The summed E-state index contributed by atoms with van der Waals surface area (Å²) in [7, 11) is 0. The monoisotopic (exact) mass is 302 g/mol. The maximum atomic E-state index is 8.98. The second kappa shape index (κ2) is 5.33. The SMILES string of the molecule is Nc1nc(CO)ccc1-c1ccc(Cl)c(Cl)c1Cl. The second-order valence-corrected chi connectivity index (χ2v) is 4.78. The minimum atomic E-state index is -0.167. The predicted molar refractivity (Wildman–Crippen MR) is 75.0 cm³/mol. The lowest BCUT2D eigenvalue weighted by Gasteiger charge is -2.10. The van der Waals surface area contributed by atoms with Crippen LogP contribution in [0.4, 0.5) is 5.82 Å². The molecule has 0 amide bonds. The molecule has 1 aromatic heterocycles. The molecule has 0 unspecified atom stereocenters. The molecule has 0 aliphatic rings. The molecule has 3 nitrogen and oxygen atoms in total. The lowest BCUT2D eigenvalue weighted by molar-refractivity contribution is 0.277. The van der Waals surface area contributed by atoms with Gasteiger partial charge in [-0.15, -0.1) is 0 Å². The summed E-state index contributed by atoms with van der Waals surface area (Å²) in [5, 5.41) is 9.96. The Bertz CT molecular complexity index is 602. The van der Waals surface area contributed by atoms with Crippen LogP contribution >= 0.6 is 34.8 Å². The summed E-state index contributed by atoms with van der Waals surface area (Å²) < 4.78 is 0. The number of hydrogen-bond acceptors (Lipinski definition) is 3. The maximum Gasteiger partial charge on any atom is 0.131 e. The van der Waals surface area contributed by atoms with Gasteiger partial charge in [-0.1, -0.05) is 40.9 Å². The van der Waals surface area contributed by atoms with E-state index in [0.29, 0.717) is 26.9 Å². The van der Waals surface area contributed by atoms with E-state index in [4.69, 9.17) is 45.6 Å². The molecule has 0 saturated carbocycles. The van der Waals surface area contributed by atoms with Gasteiger partial charge in [0.25, 0.3) is 0 Å². The summed E-state index contributed by atoms with van der Waals surface area (Å²) in [6, 6.07) is 6.77. The molecule has 0 fully saturated rings. The number of aromatic nitrogens is 1. The lowest BCUT2D eigenvalue weighted by atomic mass is 10.1. The number of halogens is 3. The number of rotatable bonds is 2. The third kappa shape index (κ3) is 2.40. The number of aliphatic hydroxyl groups is 1. The molecule has 0 atom stereocenters. The Morgan fingerprint density at radius 1 is 1.00 bits per heavy atom. The molecule has 1 aromatic carbocycles. The normalized spacial score (nSPS) is 10.7. The molecule has 0 radical (unpaired) electrons. The minimum Gasteiger partial charge on any atom is -0.390 e. The molecule has 2 rings (SSSR count). The van der Waals surface area contributed by atoms with Gasteiger partial charge in [-0.2, -0.15) is 0 Å². The molecule has 18 heavy (non-hydrogen) atoms. The topological polar surface area (TPSA) is 59.1 Å². The van der Waals surface area contributed by atoms with Gasteiger partial charge in [0.15, 0.2) is 0 Å². The Hall–Kier alpha value is -1.000. The Labute approximate surface area is 119 Å². The van der Waals surface area contributed by atoms with E-state index in [2.05, 4.69) is 4.98 Å². The van der Waals surface area contributed by atoms with Crippen LogP contribution in [0.3, 0.4) is 0 Å². The van der Waals surface area contributed by atoms with Crippen molar-refractivity contribution in [2.24, 2.45) is 0 Å². The van der Waals surface area contributed by atoms with E-state index in [9.17, 15) is 0 Å². The Kier molecular flexibility index (Phi) is 3.97. The van der Waals surface area contributed by atoms with Gasteiger partial charge < -0.3 is 10.8 Å². The van der Waals surface area contributed by atoms with Gasteiger partial charge in [0.1, 0.15) is 5.82 Å². The van der Waals surface area contributed by atoms with E-state index in [1.807, 2.05) is 0 Å². The van der Waals surface area contributed by atoms with Crippen molar-refractivity contribution >= 4 is 40.6 Å². The molecule has 0 bridgehead atoms. The first-order valence-corrected chi connectivity index (χ1v) is 6.18. The molecular weight excluding hydrogens is 295 g/mol. The molecule has 0 aliphatic carbocycles. The molecule has 2 aromatic rings. The van der Waals surface area contributed by atoms with Crippen molar-refractivity contribution in [3.8, 4) is 11.1 Å². The van der Waals surface area contributed by atoms with E-state index < -0.39 is 0 Å². The minimum absolute atomic E-state index is 0.167. The van der Waals surface area contributed by atoms with Crippen LogP contribution < -0.4 is 5.73 Å². The van der Waals surface area contributed by atoms with Crippen molar-refractivity contribution < 1.29 is 5.11 Å². The van der Waals surface area contributed by atoms with Crippen LogP contribution in [0, 0.1) is 0 Å². The summed E-state index contributed by atoms with van der Waals surface area (Å²) in [6.45, 7) is -0.167. The fourth-order valence-corrected chi connectivity index (χ4v) is 2.20. The van der Waals surface area contributed by atoms with Crippen molar-refractivity contribution in [2.45, 2.75) is 6.61 Å². The van der Waals surface area contributed by atoms with Gasteiger partial charge in [0.05, 0.1) is 27.4 Å². The van der Waals surface area contributed by atoms with E-state index in [-0.39, 0.29) is 17.4 Å². The standard InChI is InChI=1S/C12H9Cl3N2O/c13-9-4-3-7(10(14)11(9)15)8-2-1-6(5-18)17-12(8)16/h1-4,18H,5H2,(H2,16,17). The van der Waals surface area contributed by atoms with Crippen molar-refractivity contribution in [2.75, 3.05) is 5.73 Å². The summed E-state index contributed by atoms with van der Waals surface area (Å²) in [5.41, 5.74) is 7.62. The average Bonchev–Trinajstić information content (AvgIpc) is 2.37. The van der Waals surface area contributed by atoms with E-state index in [1.54, 1.807) is 24.3 Å². The number of nitrogens with two attached hydrogens (primary N) is 1. The summed E-state index contributed by atoms with van der Waals surface area (Å²) >= 11 is 18.0. The van der Waals surface area contributed by atoms with Gasteiger partial charge in [0, 0.05) is 11.1 Å². The maximum absolute atomic E-state index is 8.98. The predicted octanol–water partition coefficient (Wildman–Crippen LogP) is 3.78. The fourth-order valence-electron chi connectivity index (χ4n) is 1.57. The molecule has 6 heteroatoms. The van der Waals surface area contributed by atoms with Gasteiger partial charge in [-0.3, -0.25) is 0 Å². The summed E-state index contributed by atoms with van der Waals surface area (Å²) in [5.74, 6) is 0.279. The smallest absolute Gasteiger partial charge is 0.131 e. The molecule has 3 N–H and O–H groups in total. The summed E-state index contributed by atoms with van der Waals surface area (Å²) in [4.78, 5) is 4.05. The molecular formula is C12H9Cl3N2O. The van der Waals surface area contributed by atoms with Crippen molar-refractivity contribution in [3.05, 3.63) is 45.0 Å². The largest absolute Gasteiger partial charge is 0.390 e. The number of hydrogen-bond donors (Lipinski definition) is 2. The van der Waals surface area contributed by atoms with Crippen LogP contribution in [0.1, 0.15) is 5.69 Å². The second-order valence-electron chi connectivity index (χ2n) is 3.62. The molecule has 0 saturated heterocycles. The Morgan fingerprint density at radius 2 is 1.67 bits per heavy atom. The highest BCUT2D eigenvalue weighted by atomic mass is 35.5. The van der Waals surface area contributed by atoms with Crippen molar-refractivity contribution in [3.63, 3.8) is 0 Å². The first-order chi connectivity index (χ1) is 8.54. The number of nitrogen functional groups attached to an aromatic ring is 1. The van der Waals surface area contributed by atoms with E-state index in [1.165, 1.54) is 0 Å². The number of pyridine rings is 1. The van der Waals surface area contributed by atoms with Crippen molar-refractivity contribution in [1.82, 2.24) is 4.98 Å². The highest BCUT2D eigenvalue weighted by Crippen LogP contribution is 2.39. The van der Waals surface area contributed by atoms with Crippen LogP contribution in [0.15, 0.2) is 24.3 Å². The first-order valence-electron chi connectivity index (χ1n) is 5.04. The third-order valence-electron chi connectivity index (χ3n) is 2.47. The molecule has 0 aliphatic heterocycles. The van der Waals surface area contributed by atoms with Gasteiger partial charge >= 0.3 is 0 Å². The quantitative estimate of drug-likeness (QED) is 0.830. The lowest BCUT2D eigenvalue weighted by Crippen LogP contribution is -1.98. The van der Waals surface area contributed by atoms with Gasteiger partial charge in [-0.05, 0) is 18.2 Å². The number of nitrogens with zero attached hydrogens (tertiary/aromatic N) is 1. The zero-order valence-electron chi connectivity index (χ0n) is 9.12. The number of aliphatic hydroxyl groups excluding tert-OH is 1. The fraction of sp³-hybridized carbons (Fsp3) is 0.0833. The van der Waals surface area contributed by atoms with Gasteiger partial charge in [-0.25, -0.2) is 4.98 Å². The van der Waals surface area contributed by atoms with E-state index >= 15 is 0 Å². The van der Waals surface area contributed by atoms with Crippen LogP contribution in [0.2, 0.25) is 15.1 Å². The van der Waals surface area contributed by atoms with Crippen LogP contribution in [-0.4, -0.2) is 10.1 Å². The van der Waals surface area contributed by atoms with Crippen LogP contribution in [0.5, 0.6) is 0 Å². The highest BCUT2D eigenvalue weighted by Gasteiger charge is 2.13. The van der Waals surface area contributed by atoms with Crippen molar-refractivity contribution in [1.29, 1.82) is 0 Å². The highest BCUT2D eigenvalue weighted by molar-refractivity contribution is 6.49. The molecule has 1 heterocycles. The van der Waals surface area contributed by atoms with Gasteiger partial charge in [0.2, 0.25) is 0 Å². The van der Waals surface area contributed by atoms with Crippen LogP contribution in [-0.2, 0) is 6.61 Å². The molecule has 94 valence electrons. The zero-order chi connectivity index (χ0) is 13.3. The Morgan fingerprint density at radius 3 is 2.28 bits per heavy atom. The molecule has 0 spiro atoms. The van der Waals surface area contributed by atoms with Crippen LogP contribution in [0.25, 0.3) is 11.1 Å². The number of benzene rings is 1.